The lowest BCUT2D eigenvalue weighted by Crippen LogP contribution is -2.27. The topological polar surface area (TPSA) is 63.5 Å². The van der Waals surface area contributed by atoms with E-state index < -0.39 is 6.10 Å². The van der Waals surface area contributed by atoms with Gasteiger partial charge in [-0.05, 0) is 36.2 Å². The van der Waals surface area contributed by atoms with Crippen LogP contribution in [0.4, 0.5) is 0 Å². The van der Waals surface area contributed by atoms with Crippen LogP contribution in [0.2, 0.25) is 0 Å². The Morgan fingerprint density at radius 1 is 1.36 bits per heavy atom. The smallest absolute Gasteiger partial charge is 0.224 e. The molecule has 5 nitrogen and oxygen atoms in total. The number of amides is 1. The number of carbonyl (C=O) groups is 1. The highest BCUT2D eigenvalue weighted by molar-refractivity contribution is 5.78. The Bertz CT molecular complexity index is 622. The summed E-state index contributed by atoms with van der Waals surface area (Å²) >= 11 is 0. The van der Waals surface area contributed by atoms with Gasteiger partial charge in [0.1, 0.15) is 5.75 Å². The van der Waals surface area contributed by atoms with Gasteiger partial charge in [-0.3, -0.25) is 4.79 Å². The first-order chi connectivity index (χ1) is 10.6. The first-order valence-electron chi connectivity index (χ1n) is 7.29. The number of rotatable bonds is 7. The average Bonchev–Trinajstić information content (AvgIpc) is 2.93. The number of ether oxygens (including phenoxy) is 1. The number of carbonyl (C=O) groups excluding carboxylic acids is 1. The van der Waals surface area contributed by atoms with E-state index in [1.165, 1.54) is 0 Å². The van der Waals surface area contributed by atoms with Crippen molar-refractivity contribution in [2.75, 3.05) is 13.7 Å². The molecule has 0 aliphatic rings. The number of nitrogens with zero attached hydrogens (tertiary/aromatic N) is 1. The van der Waals surface area contributed by atoms with Crippen LogP contribution in [0.25, 0.3) is 0 Å². The molecule has 0 aliphatic carbocycles. The van der Waals surface area contributed by atoms with E-state index >= 15 is 0 Å². The Hall–Kier alpha value is -2.27. The minimum Gasteiger partial charge on any atom is -0.497 e. The highest BCUT2D eigenvalue weighted by Crippen LogP contribution is 2.16. The van der Waals surface area contributed by atoms with Crippen molar-refractivity contribution in [1.82, 2.24) is 9.88 Å². The van der Waals surface area contributed by atoms with Crippen LogP contribution in [0.5, 0.6) is 5.75 Å². The number of nitrogens with one attached hydrogen (secondary N) is 1. The number of hydrogen-bond acceptors (Lipinski definition) is 3. The van der Waals surface area contributed by atoms with Gasteiger partial charge in [-0.15, -0.1) is 0 Å². The first-order valence-corrected chi connectivity index (χ1v) is 7.29. The van der Waals surface area contributed by atoms with E-state index in [4.69, 9.17) is 4.74 Å². The molecule has 1 unspecified atom stereocenters. The highest BCUT2D eigenvalue weighted by Gasteiger charge is 2.11. The lowest BCUT2D eigenvalue weighted by Gasteiger charge is -2.12. The maximum absolute atomic E-state index is 11.9. The average molecular weight is 302 g/mol. The van der Waals surface area contributed by atoms with Crippen LogP contribution in [0.15, 0.2) is 42.6 Å². The van der Waals surface area contributed by atoms with Crippen LogP contribution in [0.3, 0.4) is 0 Å². The zero-order valence-corrected chi connectivity index (χ0v) is 13.0. The monoisotopic (exact) mass is 302 g/mol. The molecule has 1 aromatic carbocycles. The largest absolute Gasteiger partial charge is 0.497 e. The minimum absolute atomic E-state index is 0.0627. The summed E-state index contributed by atoms with van der Waals surface area (Å²) in [5.41, 5.74) is 1.75. The third-order valence-corrected chi connectivity index (χ3v) is 3.56. The second-order valence-corrected chi connectivity index (χ2v) is 5.23. The Morgan fingerprint density at radius 2 is 2.18 bits per heavy atom. The van der Waals surface area contributed by atoms with Crippen molar-refractivity contribution in [2.45, 2.75) is 18.9 Å². The molecule has 0 saturated heterocycles. The summed E-state index contributed by atoms with van der Waals surface area (Å²) in [4.78, 5) is 11.9. The fraction of sp³-hybridized carbons (Fsp3) is 0.353. The van der Waals surface area contributed by atoms with Gasteiger partial charge in [0.15, 0.2) is 0 Å². The predicted molar refractivity (Wildman–Crippen MR) is 84.7 cm³/mol. The Labute approximate surface area is 130 Å². The van der Waals surface area contributed by atoms with Gasteiger partial charge in [0.25, 0.3) is 0 Å². The molecule has 0 spiro atoms. The molecule has 1 heterocycles. The van der Waals surface area contributed by atoms with Gasteiger partial charge >= 0.3 is 0 Å². The fourth-order valence-electron chi connectivity index (χ4n) is 2.35. The Balaban J connectivity index is 1.77. The summed E-state index contributed by atoms with van der Waals surface area (Å²) in [7, 11) is 3.49. The molecule has 1 atom stereocenters. The van der Waals surface area contributed by atoms with Crippen molar-refractivity contribution in [1.29, 1.82) is 0 Å². The molecule has 2 aromatic rings. The van der Waals surface area contributed by atoms with Crippen LogP contribution in [-0.4, -0.2) is 29.2 Å². The van der Waals surface area contributed by atoms with Gasteiger partial charge in [-0.2, -0.15) is 0 Å². The molecule has 0 aliphatic heterocycles. The van der Waals surface area contributed by atoms with Gasteiger partial charge < -0.3 is 19.7 Å². The van der Waals surface area contributed by atoms with Crippen LogP contribution >= 0.6 is 0 Å². The molecule has 5 heteroatoms. The third kappa shape index (κ3) is 4.36. The van der Waals surface area contributed by atoms with Crippen molar-refractivity contribution in [2.24, 2.45) is 7.05 Å². The normalized spacial score (nSPS) is 12.0. The Kier molecular flexibility index (Phi) is 5.61. The molecule has 0 radical (unpaired) electrons. The summed E-state index contributed by atoms with van der Waals surface area (Å²) in [5, 5.41) is 12.9. The number of aliphatic hydroxyl groups excluding tert-OH is 1. The van der Waals surface area contributed by atoms with E-state index in [-0.39, 0.29) is 5.91 Å². The van der Waals surface area contributed by atoms with Crippen LogP contribution in [0.1, 0.15) is 23.8 Å². The molecule has 0 saturated carbocycles. The number of aliphatic hydroxyl groups is 1. The van der Waals surface area contributed by atoms with Crippen molar-refractivity contribution in [3.8, 4) is 5.75 Å². The molecular formula is C17H22N2O3. The van der Waals surface area contributed by atoms with Gasteiger partial charge in [-0.25, -0.2) is 0 Å². The second-order valence-electron chi connectivity index (χ2n) is 5.23. The summed E-state index contributed by atoms with van der Waals surface area (Å²) < 4.78 is 7.01. The lowest BCUT2D eigenvalue weighted by molar-refractivity contribution is -0.120. The zero-order valence-electron chi connectivity index (χ0n) is 13.0. The number of methoxy groups -OCH3 is 1. The molecule has 1 amide bonds. The van der Waals surface area contributed by atoms with Crippen molar-refractivity contribution < 1.29 is 14.6 Å². The summed E-state index contributed by atoms with van der Waals surface area (Å²) in [6.07, 6.45) is 2.11. The van der Waals surface area contributed by atoms with E-state index in [1.54, 1.807) is 7.11 Å². The van der Waals surface area contributed by atoms with E-state index in [2.05, 4.69) is 5.32 Å². The van der Waals surface area contributed by atoms with Gasteiger partial charge in [0.05, 0.1) is 19.6 Å². The Morgan fingerprint density at radius 3 is 2.86 bits per heavy atom. The van der Waals surface area contributed by atoms with E-state index in [0.29, 0.717) is 19.4 Å². The summed E-state index contributed by atoms with van der Waals surface area (Å²) in [5.74, 6) is 0.678. The molecular weight excluding hydrogens is 280 g/mol. The third-order valence-electron chi connectivity index (χ3n) is 3.56. The molecule has 2 N–H and O–H groups in total. The fourth-order valence-corrected chi connectivity index (χ4v) is 2.35. The molecule has 0 bridgehead atoms. The number of aromatic nitrogens is 1. The number of benzene rings is 1. The van der Waals surface area contributed by atoms with Crippen LogP contribution < -0.4 is 10.1 Å². The second kappa shape index (κ2) is 7.66. The van der Waals surface area contributed by atoms with Gasteiger partial charge in [0, 0.05) is 25.5 Å². The minimum atomic E-state index is -0.572. The molecule has 1 aromatic heterocycles. The standard InChI is InChI=1S/C17H22N2O3/c1-19-10-4-7-15(19)16(20)8-9-18-17(21)12-13-5-3-6-14(11-13)22-2/h3-7,10-11,16,20H,8-9,12H2,1-2H3,(H,18,21). The van der Waals surface area contributed by atoms with Crippen LogP contribution in [0, 0.1) is 0 Å². The van der Waals surface area contributed by atoms with Crippen LogP contribution in [-0.2, 0) is 18.3 Å². The van der Waals surface area contributed by atoms with Crippen molar-refractivity contribution in [3.63, 3.8) is 0 Å². The maximum atomic E-state index is 11.9. The van der Waals surface area contributed by atoms with E-state index in [1.807, 2.05) is 54.2 Å². The molecule has 0 fully saturated rings. The van der Waals surface area contributed by atoms with Gasteiger partial charge in [0.2, 0.25) is 5.91 Å². The molecule has 118 valence electrons. The summed E-state index contributed by atoms with van der Waals surface area (Å²) in [6.45, 7) is 0.440. The SMILES string of the molecule is COc1cccc(CC(=O)NCCC(O)c2cccn2C)c1. The first kappa shape index (κ1) is 16.1. The van der Waals surface area contributed by atoms with E-state index in [9.17, 15) is 9.90 Å². The number of hydrogen-bond donors (Lipinski definition) is 2. The zero-order chi connectivity index (χ0) is 15.9. The van der Waals surface area contributed by atoms with Crippen molar-refractivity contribution in [3.05, 3.63) is 53.9 Å². The highest BCUT2D eigenvalue weighted by atomic mass is 16.5. The van der Waals surface area contributed by atoms with Gasteiger partial charge in [-0.1, -0.05) is 12.1 Å². The predicted octanol–water partition coefficient (Wildman–Crippen LogP) is 1.82. The lowest BCUT2D eigenvalue weighted by atomic mass is 10.1. The quantitative estimate of drug-likeness (QED) is 0.820. The maximum Gasteiger partial charge on any atom is 0.224 e. The molecule has 2 rings (SSSR count). The summed E-state index contributed by atoms with van der Waals surface area (Å²) in [6, 6.07) is 11.2. The number of aryl methyl sites for hydroxylation is 1. The van der Waals surface area contributed by atoms with E-state index in [0.717, 1.165) is 17.0 Å². The van der Waals surface area contributed by atoms with Crippen molar-refractivity contribution >= 4 is 5.91 Å². The molecule has 22 heavy (non-hydrogen) atoms.